The largest absolute Gasteiger partial charge is 0.460 e. The Hall–Kier alpha value is -6.79. The number of aliphatic imine (C=N–C) groups is 3. The minimum absolute atomic E-state index is 0.00120. The van der Waals surface area contributed by atoms with Gasteiger partial charge in [-0.25, -0.2) is 9.98 Å². The number of nitrogens with one attached hydrogen (secondary N) is 1. The second-order valence-electron chi connectivity index (χ2n) is 15.2. The summed E-state index contributed by atoms with van der Waals surface area (Å²) in [7, 11) is 0. The smallest absolute Gasteiger partial charge is 0.159 e. The summed E-state index contributed by atoms with van der Waals surface area (Å²) in [5, 5.41) is 7.04. The van der Waals surface area contributed by atoms with Crippen molar-refractivity contribution in [2.75, 3.05) is 0 Å². The molecule has 0 saturated heterocycles. The third-order valence-corrected chi connectivity index (χ3v) is 11.3. The van der Waals surface area contributed by atoms with Gasteiger partial charge in [-0.3, -0.25) is 4.99 Å². The van der Waals surface area contributed by atoms with Gasteiger partial charge in [0.05, 0.1) is 17.7 Å². The number of amidine groups is 2. The fourth-order valence-corrected chi connectivity index (χ4v) is 8.60. The van der Waals surface area contributed by atoms with Gasteiger partial charge in [0.2, 0.25) is 0 Å². The molecule has 0 fully saturated rings. The van der Waals surface area contributed by atoms with E-state index < -0.39 is 0 Å². The number of furan rings is 2. The quantitative estimate of drug-likeness (QED) is 0.158. The maximum atomic E-state index is 6.81. The summed E-state index contributed by atoms with van der Waals surface area (Å²) in [6.45, 7) is 8.19. The molecule has 4 heterocycles. The van der Waals surface area contributed by atoms with E-state index in [9.17, 15) is 0 Å². The zero-order valence-electron chi connectivity index (χ0n) is 32.0. The van der Waals surface area contributed by atoms with Gasteiger partial charge in [-0.1, -0.05) is 153 Å². The summed E-state index contributed by atoms with van der Waals surface area (Å²) in [4.78, 5) is 15.7. The van der Waals surface area contributed by atoms with Crippen LogP contribution >= 0.6 is 0 Å². The lowest BCUT2D eigenvalue weighted by Crippen LogP contribution is -2.34. The van der Waals surface area contributed by atoms with E-state index >= 15 is 0 Å². The van der Waals surface area contributed by atoms with Crippen molar-refractivity contribution in [3.8, 4) is 0 Å². The van der Waals surface area contributed by atoms with Crippen LogP contribution in [0.3, 0.4) is 0 Å². The van der Waals surface area contributed by atoms with Crippen LogP contribution in [0.25, 0.3) is 39.7 Å². The van der Waals surface area contributed by atoms with E-state index in [1.165, 1.54) is 5.22 Å². The highest BCUT2D eigenvalue weighted by molar-refractivity contribution is 6.14. The Morgan fingerprint density at radius 3 is 2.63 bits per heavy atom. The molecule has 1 N–H and O–H groups in total. The van der Waals surface area contributed by atoms with Crippen molar-refractivity contribution in [3.05, 3.63) is 196 Å². The third-order valence-electron chi connectivity index (χ3n) is 11.3. The highest BCUT2D eigenvalue weighted by Gasteiger charge is 2.35. The van der Waals surface area contributed by atoms with Crippen LogP contribution in [-0.2, 0) is 6.42 Å². The molecule has 278 valence electrons. The SMILES string of the molecule is C=C/C=C(\C=C/C)C1=N[C@H](c2cccc(CC3=NC4C=C(c5cccc6c5oc5ccccc56)C=CC4c4oc5c(c43)=CC[C@H](C)C=5)c2)NC(c2ccccc2)=N1. The average Bonchev–Trinajstić information content (AvgIpc) is 3.83. The van der Waals surface area contributed by atoms with Gasteiger partial charge in [-0.2, -0.15) is 0 Å². The van der Waals surface area contributed by atoms with Crippen LogP contribution in [-0.4, -0.2) is 23.4 Å². The van der Waals surface area contributed by atoms with Crippen molar-refractivity contribution >= 4 is 57.0 Å². The molecule has 4 aliphatic rings. The zero-order valence-corrected chi connectivity index (χ0v) is 32.0. The van der Waals surface area contributed by atoms with Gasteiger partial charge in [0.15, 0.2) is 5.84 Å². The molecule has 0 saturated carbocycles. The minimum atomic E-state index is -0.347. The molecule has 10 rings (SSSR count). The highest BCUT2D eigenvalue weighted by atomic mass is 16.3. The number of fused-ring (bicyclic) bond motifs is 8. The monoisotopic (exact) mass is 742 g/mol. The number of para-hydroxylation sites is 2. The van der Waals surface area contributed by atoms with Gasteiger partial charge in [0, 0.05) is 44.7 Å². The first-order valence-electron chi connectivity index (χ1n) is 19.8. The standard InChI is InChI=1S/C51H42N4O2/c1-4-13-33(14-5-2)49-53-50(34-16-7-6-8-17-34)55-51(54-49)36-18-11-15-32(28-36)29-43-46-41-25-23-31(3)27-45(41)57-48(46)40-26-24-35(30-42(40)52-43)37-20-12-21-39-38-19-9-10-22-44(38)56-47(37)39/h4-22,24-28,30-31,40,42,51H,1,23,29H2,2-3H3,(H,53,54,55)/b14-5-,33-13+/t31-,40?,42?,51-/m0/s1. The normalized spacial score (nSPS) is 21.3. The first-order valence-corrected chi connectivity index (χ1v) is 19.8. The number of allylic oxidation sites excluding steroid dienone is 5. The van der Waals surface area contributed by atoms with Gasteiger partial charge in [-0.15, -0.1) is 0 Å². The number of rotatable bonds is 8. The van der Waals surface area contributed by atoms with Crippen LogP contribution in [0.2, 0.25) is 0 Å². The second-order valence-corrected chi connectivity index (χ2v) is 15.2. The predicted octanol–water partition coefficient (Wildman–Crippen LogP) is 10.1. The van der Waals surface area contributed by atoms with Crippen molar-refractivity contribution in [2.24, 2.45) is 20.9 Å². The summed E-state index contributed by atoms with van der Waals surface area (Å²) in [5.41, 5.74) is 11.2. The van der Waals surface area contributed by atoms with Gasteiger partial charge < -0.3 is 14.2 Å². The summed E-state index contributed by atoms with van der Waals surface area (Å²) in [6.07, 6.45) is 20.5. The number of hydrogen-bond acceptors (Lipinski definition) is 6. The lowest BCUT2D eigenvalue weighted by atomic mass is 9.82. The predicted molar refractivity (Wildman–Crippen MR) is 234 cm³/mol. The molecule has 6 heteroatoms. The molecule has 2 aliphatic carbocycles. The van der Waals surface area contributed by atoms with E-state index in [1.54, 1.807) is 6.08 Å². The fraction of sp³-hybridized carbons (Fsp3) is 0.157. The molecular formula is C51H42N4O2. The molecular weight excluding hydrogens is 701 g/mol. The van der Waals surface area contributed by atoms with E-state index in [0.717, 1.165) is 90.0 Å². The van der Waals surface area contributed by atoms with Crippen molar-refractivity contribution < 1.29 is 8.83 Å². The lowest BCUT2D eigenvalue weighted by molar-refractivity contribution is 0.444. The Morgan fingerprint density at radius 2 is 1.75 bits per heavy atom. The van der Waals surface area contributed by atoms with Gasteiger partial charge in [0.1, 0.15) is 34.3 Å². The Bertz CT molecular complexity index is 2950. The highest BCUT2D eigenvalue weighted by Crippen LogP contribution is 2.40. The van der Waals surface area contributed by atoms with E-state index in [1.807, 2.05) is 55.5 Å². The van der Waals surface area contributed by atoms with Crippen LogP contribution < -0.4 is 16.0 Å². The Balaban J connectivity index is 1.04. The Morgan fingerprint density at radius 1 is 0.912 bits per heavy atom. The Kier molecular flexibility index (Phi) is 8.74. The summed E-state index contributed by atoms with van der Waals surface area (Å²) in [5.74, 6) is 2.86. The maximum absolute atomic E-state index is 6.81. The first kappa shape index (κ1) is 34.7. The van der Waals surface area contributed by atoms with Gasteiger partial charge >= 0.3 is 0 Å². The third kappa shape index (κ3) is 6.27. The average molecular weight is 743 g/mol. The molecule has 4 atom stereocenters. The lowest BCUT2D eigenvalue weighted by Gasteiger charge is -2.28. The number of benzene rings is 4. The van der Waals surface area contributed by atoms with Crippen molar-refractivity contribution in [1.82, 2.24) is 5.32 Å². The fourth-order valence-electron chi connectivity index (χ4n) is 8.60. The molecule has 2 aromatic heterocycles. The molecule has 57 heavy (non-hydrogen) atoms. The maximum Gasteiger partial charge on any atom is 0.159 e. The molecule has 0 spiro atoms. The minimum Gasteiger partial charge on any atom is -0.460 e. The van der Waals surface area contributed by atoms with Crippen molar-refractivity contribution in [3.63, 3.8) is 0 Å². The van der Waals surface area contributed by atoms with Crippen LogP contribution in [0.5, 0.6) is 0 Å². The second kappa shape index (κ2) is 14.4. The molecule has 0 bridgehead atoms. The number of nitrogens with zero attached hydrogens (tertiary/aromatic N) is 3. The van der Waals surface area contributed by atoms with E-state index in [-0.39, 0.29) is 18.1 Å². The van der Waals surface area contributed by atoms with Crippen LogP contribution in [0.15, 0.2) is 176 Å². The van der Waals surface area contributed by atoms with Gasteiger partial charge in [-0.05, 0) is 48.1 Å². The molecule has 0 radical (unpaired) electrons. The van der Waals surface area contributed by atoms with E-state index in [0.29, 0.717) is 18.2 Å². The van der Waals surface area contributed by atoms with E-state index in [4.69, 9.17) is 23.8 Å². The molecule has 6 nitrogen and oxygen atoms in total. The van der Waals surface area contributed by atoms with Crippen LogP contribution in [0.4, 0.5) is 0 Å². The van der Waals surface area contributed by atoms with Crippen LogP contribution in [0.1, 0.15) is 65.9 Å². The van der Waals surface area contributed by atoms with E-state index in [2.05, 4.69) is 116 Å². The van der Waals surface area contributed by atoms with Crippen molar-refractivity contribution in [1.29, 1.82) is 0 Å². The van der Waals surface area contributed by atoms with Crippen LogP contribution in [0, 0.1) is 5.92 Å². The Labute approximate surface area is 331 Å². The topological polar surface area (TPSA) is 75.4 Å². The molecule has 0 amide bonds. The summed E-state index contributed by atoms with van der Waals surface area (Å²) in [6, 6.07) is 33.4. The number of hydrogen-bond donors (Lipinski definition) is 1. The summed E-state index contributed by atoms with van der Waals surface area (Å²) >= 11 is 0. The van der Waals surface area contributed by atoms with Crippen molar-refractivity contribution in [2.45, 2.75) is 44.8 Å². The molecule has 2 unspecified atom stereocenters. The molecule has 2 aliphatic heterocycles. The molecule has 6 aromatic rings. The molecule has 4 aromatic carbocycles. The summed E-state index contributed by atoms with van der Waals surface area (Å²) < 4.78 is 13.3. The van der Waals surface area contributed by atoms with Gasteiger partial charge in [0.25, 0.3) is 0 Å². The first-order chi connectivity index (χ1) is 28.0. The zero-order chi connectivity index (χ0) is 38.5.